The molecular weight excluding hydrogens is 344 g/mol. The molecule has 2 aliphatic rings. The van der Waals surface area contributed by atoms with Crippen LogP contribution in [0.1, 0.15) is 23.2 Å². The molecule has 0 atom stereocenters. The summed E-state index contributed by atoms with van der Waals surface area (Å²) in [6.07, 6.45) is 3.03. The Bertz CT molecular complexity index is 858. The van der Waals surface area contributed by atoms with Gasteiger partial charge in [-0.3, -0.25) is 14.9 Å². The van der Waals surface area contributed by atoms with E-state index in [-0.39, 0.29) is 10.6 Å². The van der Waals surface area contributed by atoms with Gasteiger partial charge in [0.15, 0.2) is 6.29 Å². The summed E-state index contributed by atoms with van der Waals surface area (Å²) >= 11 is 0. The Morgan fingerprint density at radius 1 is 1.04 bits per heavy atom. The van der Waals surface area contributed by atoms with E-state index in [1.807, 2.05) is 36.4 Å². The number of carbonyl (C=O) groups is 1. The van der Waals surface area contributed by atoms with Gasteiger partial charge in [-0.2, -0.15) is 0 Å². The molecule has 1 saturated carbocycles. The predicted octanol–water partition coefficient (Wildman–Crippen LogP) is 3.31. The van der Waals surface area contributed by atoms with E-state index in [1.54, 1.807) is 6.07 Å². The standard InChI is InChI=1S/C20H22N4O3/c25-14-15-3-1-2-4-19(15)23-11-9-22(10-12-23)17-7-8-20(24(26)27)18(13-17)21-16-5-6-16/h1-4,7-8,13-14,16,21H,5-6,9-12H2. The number of piperazine rings is 1. The summed E-state index contributed by atoms with van der Waals surface area (Å²) in [6, 6.07) is 13.3. The van der Waals surface area contributed by atoms with E-state index < -0.39 is 0 Å². The lowest BCUT2D eigenvalue weighted by molar-refractivity contribution is -0.384. The van der Waals surface area contributed by atoms with Crippen LogP contribution >= 0.6 is 0 Å². The molecule has 7 nitrogen and oxygen atoms in total. The fraction of sp³-hybridized carbons (Fsp3) is 0.350. The molecule has 0 bridgehead atoms. The molecule has 1 aliphatic carbocycles. The average Bonchev–Trinajstić information content (AvgIpc) is 3.52. The van der Waals surface area contributed by atoms with Crippen molar-refractivity contribution in [3.8, 4) is 0 Å². The molecule has 0 unspecified atom stereocenters. The van der Waals surface area contributed by atoms with Gasteiger partial charge in [0.25, 0.3) is 5.69 Å². The van der Waals surface area contributed by atoms with Crippen LogP contribution in [0.15, 0.2) is 42.5 Å². The summed E-state index contributed by atoms with van der Waals surface area (Å²) in [6.45, 7) is 3.20. The van der Waals surface area contributed by atoms with Gasteiger partial charge in [0.05, 0.1) is 4.92 Å². The lowest BCUT2D eigenvalue weighted by Gasteiger charge is -2.38. The highest BCUT2D eigenvalue weighted by molar-refractivity contribution is 5.84. The molecule has 1 aliphatic heterocycles. The number of nitro benzene ring substituents is 1. The minimum atomic E-state index is -0.331. The number of nitro groups is 1. The number of anilines is 3. The van der Waals surface area contributed by atoms with Crippen molar-refractivity contribution in [3.05, 3.63) is 58.1 Å². The first-order valence-corrected chi connectivity index (χ1v) is 9.25. The highest BCUT2D eigenvalue weighted by Crippen LogP contribution is 2.34. The van der Waals surface area contributed by atoms with Gasteiger partial charge < -0.3 is 15.1 Å². The second-order valence-electron chi connectivity index (χ2n) is 7.03. The quantitative estimate of drug-likeness (QED) is 0.480. The summed E-state index contributed by atoms with van der Waals surface area (Å²) in [5.41, 5.74) is 3.40. The normalized spacial score (nSPS) is 16.9. The van der Waals surface area contributed by atoms with Gasteiger partial charge in [0.1, 0.15) is 5.69 Å². The molecule has 2 aromatic carbocycles. The second-order valence-corrected chi connectivity index (χ2v) is 7.03. The highest BCUT2D eigenvalue weighted by Gasteiger charge is 2.26. The second kappa shape index (κ2) is 7.26. The van der Waals surface area contributed by atoms with E-state index in [0.717, 1.165) is 56.7 Å². The van der Waals surface area contributed by atoms with Crippen LogP contribution < -0.4 is 15.1 Å². The monoisotopic (exact) mass is 366 g/mol. The smallest absolute Gasteiger partial charge is 0.292 e. The average molecular weight is 366 g/mol. The molecule has 0 amide bonds. The number of benzene rings is 2. The van der Waals surface area contributed by atoms with Gasteiger partial charge in [-0.15, -0.1) is 0 Å². The summed E-state index contributed by atoms with van der Waals surface area (Å²) in [7, 11) is 0. The topological polar surface area (TPSA) is 78.7 Å². The van der Waals surface area contributed by atoms with Crippen molar-refractivity contribution < 1.29 is 9.72 Å². The first-order chi connectivity index (χ1) is 13.2. The van der Waals surface area contributed by atoms with Crippen LogP contribution in [0.25, 0.3) is 0 Å². The Kier molecular flexibility index (Phi) is 4.66. The zero-order chi connectivity index (χ0) is 18.8. The van der Waals surface area contributed by atoms with Crippen LogP contribution in [0.2, 0.25) is 0 Å². The number of hydrogen-bond acceptors (Lipinski definition) is 6. The lowest BCUT2D eigenvalue weighted by Crippen LogP contribution is -2.46. The summed E-state index contributed by atoms with van der Waals surface area (Å²) in [4.78, 5) is 26.7. The van der Waals surface area contributed by atoms with Crippen molar-refractivity contribution in [2.75, 3.05) is 41.3 Å². The van der Waals surface area contributed by atoms with E-state index in [4.69, 9.17) is 0 Å². The number of nitrogens with zero attached hydrogens (tertiary/aromatic N) is 3. The van der Waals surface area contributed by atoms with Crippen LogP contribution in [-0.2, 0) is 0 Å². The summed E-state index contributed by atoms with van der Waals surface area (Å²) < 4.78 is 0. The maximum Gasteiger partial charge on any atom is 0.292 e. The molecule has 2 fully saturated rings. The van der Waals surface area contributed by atoms with Crippen molar-refractivity contribution >= 4 is 29.0 Å². The third kappa shape index (κ3) is 3.72. The molecule has 1 N–H and O–H groups in total. The molecule has 1 heterocycles. The molecule has 140 valence electrons. The van der Waals surface area contributed by atoms with E-state index in [0.29, 0.717) is 17.3 Å². The fourth-order valence-electron chi connectivity index (χ4n) is 3.52. The number of para-hydroxylation sites is 1. The van der Waals surface area contributed by atoms with Crippen molar-refractivity contribution in [1.29, 1.82) is 0 Å². The van der Waals surface area contributed by atoms with E-state index in [9.17, 15) is 14.9 Å². The van der Waals surface area contributed by atoms with E-state index in [1.165, 1.54) is 0 Å². The van der Waals surface area contributed by atoms with Gasteiger partial charge in [-0.25, -0.2) is 0 Å². The maximum atomic E-state index is 11.3. The molecule has 0 radical (unpaired) electrons. The van der Waals surface area contributed by atoms with Crippen LogP contribution in [0.3, 0.4) is 0 Å². The third-order valence-corrected chi connectivity index (χ3v) is 5.16. The van der Waals surface area contributed by atoms with E-state index in [2.05, 4.69) is 15.1 Å². The SMILES string of the molecule is O=Cc1ccccc1N1CCN(c2ccc([N+](=O)[O-])c(NC3CC3)c2)CC1. The first kappa shape index (κ1) is 17.3. The molecule has 4 rings (SSSR count). The molecule has 27 heavy (non-hydrogen) atoms. The number of aldehydes is 1. The lowest BCUT2D eigenvalue weighted by atomic mass is 10.1. The Morgan fingerprint density at radius 2 is 1.74 bits per heavy atom. The maximum absolute atomic E-state index is 11.3. The molecule has 2 aromatic rings. The molecule has 1 saturated heterocycles. The fourth-order valence-corrected chi connectivity index (χ4v) is 3.52. The molecule has 0 spiro atoms. The van der Waals surface area contributed by atoms with Gasteiger partial charge >= 0.3 is 0 Å². The summed E-state index contributed by atoms with van der Waals surface area (Å²) in [5, 5.41) is 14.6. The van der Waals surface area contributed by atoms with Crippen molar-refractivity contribution in [3.63, 3.8) is 0 Å². The minimum Gasteiger partial charge on any atom is -0.377 e. The number of nitrogens with one attached hydrogen (secondary N) is 1. The van der Waals surface area contributed by atoms with Crippen LogP contribution in [0.5, 0.6) is 0 Å². The largest absolute Gasteiger partial charge is 0.377 e. The number of hydrogen-bond donors (Lipinski definition) is 1. The van der Waals surface area contributed by atoms with Crippen molar-refractivity contribution in [1.82, 2.24) is 0 Å². The van der Waals surface area contributed by atoms with E-state index >= 15 is 0 Å². The van der Waals surface area contributed by atoms with Gasteiger partial charge in [0, 0.05) is 55.2 Å². The van der Waals surface area contributed by atoms with Crippen LogP contribution in [-0.4, -0.2) is 43.4 Å². The Labute approximate surface area is 157 Å². The van der Waals surface area contributed by atoms with Crippen molar-refractivity contribution in [2.45, 2.75) is 18.9 Å². The minimum absolute atomic E-state index is 0.129. The number of carbonyl (C=O) groups excluding carboxylic acids is 1. The zero-order valence-electron chi connectivity index (χ0n) is 15.0. The Hall–Kier alpha value is -3.09. The zero-order valence-corrected chi connectivity index (χ0v) is 15.0. The van der Waals surface area contributed by atoms with Crippen molar-refractivity contribution in [2.24, 2.45) is 0 Å². The van der Waals surface area contributed by atoms with Gasteiger partial charge in [-0.1, -0.05) is 12.1 Å². The summed E-state index contributed by atoms with van der Waals surface area (Å²) in [5.74, 6) is 0. The third-order valence-electron chi connectivity index (χ3n) is 5.16. The van der Waals surface area contributed by atoms with Gasteiger partial charge in [0.2, 0.25) is 0 Å². The Morgan fingerprint density at radius 3 is 2.41 bits per heavy atom. The first-order valence-electron chi connectivity index (χ1n) is 9.25. The highest BCUT2D eigenvalue weighted by atomic mass is 16.6. The van der Waals surface area contributed by atoms with Crippen LogP contribution in [0.4, 0.5) is 22.7 Å². The predicted molar refractivity (Wildman–Crippen MR) is 106 cm³/mol. The number of rotatable bonds is 6. The van der Waals surface area contributed by atoms with Crippen LogP contribution in [0, 0.1) is 10.1 Å². The molecule has 7 heteroatoms. The van der Waals surface area contributed by atoms with Gasteiger partial charge in [-0.05, 0) is 37.1 Å². The molecule has 0 aromatic heterocycles. The Balaban J connectivity index is 1.49. The molecular formula is C20H22N4O3.